The van der Waals surface area contributed by atoms with Gasteiger partial charge in [0.05, 0.1) is 8.49 Å². The van der Waals surface area contributed by atoms with Crippen molar-refractivity contribution in [2.45, 2.75) is 26.3 Å². The smallest absolute Gasteiger partial charge is 0.323 e. The Morgan fingerprint density at radius 3 is 2.65 bits per heavy atom. The van der Waals surface area contributed by atoms with Gasteiger partial charge in [-0.3, -0.25) is 14.9 Å². The first-order valence-electron chi connectivity index (χ1n) is 5.89. The van der Waals surface area contributed by atoms with Gasteiger partial charge in [0.2, 0.25) is 0 Å². The van der Waals surface area contributed by atoms with Gasteiger partial charge in [-0.1, -0.05) is 6.92 Å². The summed E-state index contributed by atoms with van der Waals surface area (Å²) in [5.41, 5.74) is -0.304. The van der Waals surface area contributed by atoms with Gasteiger partial charge in [-0.25, -0.2) is 4.39 Å². The summed E-state index contributed by atoms with van der Waals surface area (Å²) in [5, 5.41) is 20.0. The fraction of sp³-hybridized carbons (Fsp3) is 0.417. The molecule has 0 heterocycles. The van der Waals surface area contributed by atoms with Crippen molar-refractivity contribution in [3.05, 3.63) is 31.6 Å². The minimum Gasteiger partial charge on any atom is -0.480 e. The van der Waals surface area contributed by atoms with Crippen molar-refractivity contribution in [1.82, 2.24) is 0 Å². The third-order valence-corrected chi connectivity index (χ3v) is 3.78. The number of rotatable bonds is 6. The summed E-state index contributed by atoms with van der Waals surface area (Å²) in [6.07, 6.45) is 0.581. The molecular weight excluding hydrogens is 382 g/mol. The molecule has 1 N–H and O–H groups in total. The molecule has 0 saturated carbocycles. The first kappa shape index (κ1) is 16.6. The number of benzene rings is 1. The minimum absolute atomic E-state index is 0.00957. The number of carbonyl (C=O) groups is 1. The summed E-state index contributed by atoms with van der Waals surface area (Å²) < 4.78 is 13.8. The molecule has 1 rings (SSSR count). The van der Waals surface area contributed by atoms with Crippen LogP contribution in [-0.2, 0) is 4.79 Å². The average Bonchev–Trinajstić information content (AvgIpc) is 2.37. The van der Waals surface area contributed by atoms with Crippen LogP contribution in [0.25, 0.3) is 0 Å². The van der Waals surface area contributed by atoms with Gasteiger partial charge in [0.15, 0.2) is 0 Å². The van der Waals surface area contributed by atoms with Crippen LogP contribution in [0.4, 0.5) is 15.8 Å². The lowest BCUT2D eigenvalue weighted by Crippen LogP contribution is -2.37. The standard InChI is InChI=1S/C12H14FIN2O4/c1-3-7(2)15(6-12(17)18)10-4-8(13)9(14)5-11(10)16(19)20/h4-5,7H,3,6H2,1-2H3,(H,17,18). The molecule has 0 aromatic heterocycles. The van der Waals surface area contributed by atoms with Crippen molar-refractivity contribution in [1.29, 1.82) is 0 Å². The molecule has 0 radical (unpaired) electrons. The van der Waals surface area contributed by atoms with E-state index in [-0.39, 0.29) is 21.0 Å². The molecule has 0 fully saturated rings. The van der Waals surface area contributed by atoms with Gasteiger partial charge in [0, 0.05) is 18.2 Å². The number of hydrogen-bond donors (Lipinski definition) is 1. The molecule has 0 aliphatic rings. The first-order chi connectivity index (χ1) is 9.27. The van der Waals surface area contributed by atoms with Crippen LogP contribution in [-0.4, -0.2) is 28.6 Å². The van der Waals surface area contributed by atoms with Crippen molar-refractivity contribution < 1.29 is 19.2 Å². The summed E-state index contributed by atoms with van der Waals surface area (Å²) in [5.74, 6) is -1.73. The zero-order valence-corrected chi connectivity index (χ0v) is 13.1. The molecule has 1 atom stereocenters. The molecule has 0 spiro atoms. The van der Waals surface area contributed by atoms with Crippen LogP contribution >= 0.6 is 22.6 Å². The van der Waals surface area contributed by atoms with Crippen LogP contribution in [0.2, 0.25) is 0 Å². The molecule has 0 saturated heterocycles. The predicted octanol–water partition coefficient (Wildman–Crippen LogP) is 3.03. The Kier molecular flexibility index (Phi) is 5.66. The molecule has 1 unspecified atom stereocenters. The molecule has 0 aliphatic heterocycles. The van der Waals surface area contributed by atoms with Gasteiger partial charge in [-0.2, -0.15) is 0 Å². The lowest BCUT2D eigenvalue weighted by molar-refractivity contribution is -0.384. The van der Waals surface area contributed by atoms with Crippen LogP contribution in [0.15, 0.2) is 12.1 Å². The molecular formula is C12H14FIN2O4. The molecule has 1 aromatic rings. The molecule has 8 heteroatoms. The Bertz CT molecular complexity index is 538. The van der Waals surface area contributed by atoms with Crippen LogP contribution in [0, 0.1) is 19.5 Å². The van der Waals surface area contributed by atoms with Crippen molar-refractivity contribution in [2.24, 2.45) is 0 Å². The maximum absolute atomic E-state index is 13.7. The number of anilines is 1. The molecule has 110 valence electrons. The van der Waals surface area contributed by atoms with Crippen LogP contribution in [0.1, 0.15) is 20.3 Å². The lowest BCUT2D eigenvalue weighted by Gasteiger charge is -2.28. The Hall–Kier alpha value is -1.45. The first-order valence-corrected chi connectivity index (χ1v) is 6.97. The largest absolute Gasteiger partial charge is 0.480 e. The molecule has 20 heavy (non-hydrogen) atoms. The fourth-order valence-corrected chi connectivity index (χ4v) is 2.20. The monoisotopic (exact) mass is 396 g/mol. The second-order valence-electron chi connectivity index (χ2n) is 4.29. The van der Waals surface area contributed by atoms with Crippen molar-refractivity contribution >= 4 is 39.9 Å². The summed E-state index contributed by atoms with van der Waals surface area (Å²) >= 11 is 1.66. The van der Waals surface area contributed by atoms with E-state index < -0.39 is 23.3 Å². The topological polar surface area (TPSA) is 83.7 Å². The van der Waals surface area contributed by atoms with E-state index >= 15 is 0 Å². The number of nitro groups is 1. The van der Waals surface area contributed by atoms with E-state index in [9.17, 15) is 19.3 Å². The van der Waals surface area contributed by atoms with E-state index in [1.165, 1.54) is 4.90 Å². The van der Waals surface area contributed by atoms with Crippen LogP contribution in [0.3, 0.4) is 0 Å². The number of nitro benzene ring substituents is 1. The summed E-state index contributed by atoms with van der Waals surface area (Å²) in [6, 6.07) is 1.88. The van der Waals surface area contributed by atoms with E-state index in [1.807, 2.05) is 6.92 Å². The molecule has 0 amide bonds. The molecule has 0 aliphatic carbocycles. The van der Waals surface area contributed by atoms with E-state index in [1.54, 1.807) is 29.5 Å². The highest BCUT2D eigenvalue weighted by Crippen LogP contribution is 2.33. The highest BCUT2D eigenvalue weighted by molar-refractivity contribution is 14.1. The summed E-state index contributed by atoms with van der Waals surface area (Å²) in [4.78, 5) is 22.7. The number of hydrogen-bond acceptors (Lipinski definition) is 4. The van der Waals surface area contributed by atoms with Crippen LogP contribution < -0.4 is 4.90 Å². The SMILES string of the molecule is CCC(C)N(CC(=O)O)c1cc(F)c(I)cc1[N+](=O)[O-]. The summed E-state index contributed by atoms with van der Waals surface area (Å²) in [6.45, 7) is 3.15. The van der Waals surface area contributed by atoms with E-state index in [0.717, 1.165) is 12.1 Å². The zero-order valence-electron chi connectivity index (χ0n) is 11.0. The third kappa shape index (κ3) is 3.78. The zero-order chi connectivity index (χ0) is 15.4. The van der Waals surface area contributed by atoms with E-state index in [0.29, 0.717) is 6.42 Å². The average molecular weight is 396 g/mol. The van der Waals surface area contributed by atoms with Crippen LogP contribution in [0.5, 0.6) is 0 Å². The Balaban J connectivity index is 3.41. The van der Waals surface area contributed by atoms with E-state index in [4.69, 9.17) is 5.11 Å². The number of aliphatic carboxylic acids is 1. The van der Waals surface area contributed by atoms with Gasteiger partial charge in [0.25, 0.3) is 5.69 Å². The number of nitrogens with zero attached hydrogens (tertiary/aromatic N) is 2. The predicted molar refractivity (Wildman–Crippen MR) is 80.5 cm³/mol. The van der Waals surface area contributed by atoms with Gasteiger partial charge in [-0.15, -0.1) is 0 Å². The molecule has 0 bridgehead atoms. The fourth-order valence-electron chi connectivity index (χ4n) is 1.75. The third-order valence-electron chi connectivity index (χ3n) is 2.95. The maximum atomic E-state index is 13.7. The minimum atomic E-state index is -1.13. The Labute approximate surface area is 128 Å². The van der Waals surface area contributed by atoms with Crippen molar-refractivity contribution in [2.75, 3.05) is 11.4 Å². The van der Waals surface area contributed by atoms with Crippen molar-refractivity contribution in [3.63, 3.8) is 0 Å². The second kappa shape index (κ2) is 6.82. The van der Waals surface area contributed by atoms with Gasteiger partial charge >= 0.3 is 5.97 Å². The van der Waals surface area contributed by atoms with E-state index in [2.05, 4.69) is 0 Å². The Morgan fingerprint density at radius 1 is 1.60 bits per heavy atom. The highest BCUT2D eigenvalue weighted by Gasteiger charge is 2.26. The number of carboxylic acids is 1. The van der Waals surface area contributed by atoms with Gasteiger partial charge in [0.1, 0.15) is 18.0 Å². The number of carboxylic acid groups (broad SMARTS) is 1. The second-order valence-corrected chi connectivity index (χ2v) is 5.45. The normalized spacial score (nSPS) is 12.0. The lowest BCUT2D eigenvalue weighted by atomic mass is 10.1. The highest BCUT2D eigenvalue weighted by atomic mass is 127. The molecule has 6 nitrogen and oxygen atoms in total. The number of halogens is 2. The maximum Gasteiger partial charge on any atom is 0.323 e. The molecule has 1 aromatic carbocycles. The van der Waals surface area contributed by atoms with Gasteiger partial charge in [-0.05, 0) is 35.9 Å². The Morgan fingerprint density at radius 2 is 2.20 bits per heavy atom. The quantitative estimate of drug-likeness (QED) is 0.454. The summed E-state index contributed by atoms with van der Waals surface area (Å²) in [7, 11) is 0. The van der Waals surface area contributed by atoms with Crippen molar-refractivity contribution in [3.8, 4) is 0 Å². The van der Waals surface area contributed by atoms with Gasteiger partial charge < -0.3 is 10.0 Å².